The lowest BCUT2D eigenvalue weighted by molar-refractivity contribution is 0.0858. The van der Waals surface area contributed by atoms with Gasteiger partial charge in [0.15, 0.2) is 5.78 Å². The van der Waals surface area contributed by atoms with Gasteiger partial charge >= 0.3 is 0 Å². The summed E-state index contributed by atoms with van der Waals surface area (Å²) in [6.07, 6.45) is 1.55. The van der Waals surface area contributed by atoms with Crippen LogP contribution in [0.1, 0.15) is 31.1 Å². The predicted molar refractivity (Wildman–Crippen MR) is 54.6 cm³/mol. The van der Waals surface area contributed by atoms with Crippen LogP contribution in [0.4, 0.5) is 0 Å². The third kappa shape index (κ3) is 2.31. The van der Waals surface area contributed by atoms with Gasteiger partial charge in [0.05, 0.1) is 7.11 Å². The lowest BCUT2D eigenvalue weighted by Gasteiger charge is -2.16. The number of aromatic nitrogens is 1. The van der Waals surface area contributed by atoms with Crippen LogP contribution in [0.5, 0.6) is 5.88 Å². The molecule has 3 nitrogen and oxygen atoms in total. The maximum atomic E-state index is 11.8. The molecule has 0 saturated carbocycles. The average Bonchev–Trinajstić information content (AvgIpc) is 2.15. The van der Waals surface area contributed by atoms with Gasteiger partial charge in [0.25, 0.3) is 0 Å². The van der Waals surface area contributed by atoms with E-state index in [2.05, 4.69) is 4.98 Å². The molecule has 0 aliphatic rings. The number of hydrogen-bond donors (Lipinski definition) is 0. The molecule has 0 aromatic carbocycles. The van der Waals surface area contributed by atoms with E-state index in [4.69, 9.17) is 4.74 Å². The monoisotopic (exact) mass is 193 g/mol. The standard InChI is InChI=1S/C11H15NO2/c1-11(2,3)10(13)8-5-6-9(14-4)12-7-8/h5-7H,1-4H3. The number of ketones is 1. The number of carbonyl (C=O) groups excluding carboxylic acids is 1. The number of ether oxygens (including phenoxy) is 1. The molecule has 0 aliphatic heterocycles. The maximum absolute atomic E-state index is 11.8. The lowest BCUT2D eigenvalue weighted by atomic mass is 9.87. The van der Waals surface area contributed by atoms with Crippen molar-refractivity contribution in [2.45, 2.75) is 20.8 Å². The first kappa shape index (κ1) is 10.7. The van der Waals surface area contributed by atoms with E-state index in [1.54, 1.807) is 25.4 Å². The van der Waals surface area contributed by atoms with E-state index in [0.29, 0.717) is 11.4 Å². The summed E-state index contributed by atoms with van der Waals surface area (Å²) in [5.74, 6) is 0.614. The van der Waals surface area contributed by atoms with Gasteiger partial charge in [-0.2, -0.15) is 0 Å². The Morgan fingerprint density at radius 2 is 2.00 bits per heavy atom. The van der Waals surface area contributed by atoms with Gasteiger partial charge in [-0.25, -0.2) is 4.98 Å². The van der Waals surface area contributed by atoms with Gasteiger partial charge in [0.2, 0.25) is 5.88 Å². The molecule has 0 aliphatic carbocycles. The minimum Gasteiger partial charge on any atom is -0.481 e. The highest BCUT2D eigenvalue weighted by molar-refractivity contribution is 5.99. The number of nitrogens with zero attached hydrogens (tertiary/aromatic N) is 1. The maximum Gasteiger partial charge on any atom is 0.212 e. The van der Waals surface area contributed by atoms with Crippen LogP contribution in [0.25, 0.3) is 0 Å². The minimum absolute atomic E-state index is 0.0904. The number of rotatable bonds is 2. The molecule has 0 saturated heterocycles. The SMILES string of the molecule is COc1ccc(C(=O)C(C)(C)C)cn1. The van der Waals surface area contributed by atoms with Gasteiger partial charge in [-0.1, -0.05) is 20.8 Å². The van der Waals surface area contributed by atoms with E-state index in [1.165, 1.54) is 0 Å². The number of methoxy groups -OCH3 is 1. The van der Waals surface area contributed by atoms with Crippen molar-refractivity contribution in [3.05, 3.63) is 23.9 Å². The van der Waals surface area contributed by atoms with Crippen LogP contribution in [0.3, 0.4) is 0 Å². The van der Waals surface area contributed by atoms with Crippen molar-refractivity contribution in [3.8, 4) is 5.88 Å². The highest BCUT2D eigenvalue weighted by Crippen LogP contribution is 2.20. The Morgan fingerprint density at radius 1 is 1.36 bits per heavy atom. The Labute approximate surface area is 84.1 Å². The zero-order chi connectivity index (χ0) is 10.8. The van der Waals surface area contributed by atoms with Gasteiger partial charge in [0, 0.05) is 23.2 Å². The summed E-state index contributed by atoms with van der Waals surface area (Å²) in [5.41, 5.74) is 0.259. The third-order valence-corrected chi connectivity index (χ3v) is 1.89. The van der Waals surface area contributed by atoms with E-state index in [-0.39, 0.29) is 11.2 Å². The van der Waals surface area contributed by atoms with Crippen molar-refractivity contribution in [2.75, 3.05) is 7.11 Å². The Morgan fingerprint density at radius 3 is 2.36 bits per heavy atom. The molecule has 0 spiro atoms. The fourth-order valence-electron chi connectivity index (χ4n) is 1.07. The summed E-state index contributed by atoms with van der Waals surface area (Å²) in [5, 5.41) is 0. The van der Waals surface area contributed by atoms with Gasteiger partial charge in [-0.15, -0.1) is 0 Å². The summed E-state index contributed by atoms with van der Waals surface area (Å²) in [6, 6.07) is 3.43. The van der Waals surface area contributed by atoms with Gasteiger partial charge in [-0.3, -0.25) is 4.79 Å². The van der Waals surface area contributed by atoms with E-state index in [9.17, 15) is 4.79 Å². The summed E-state index contributed by atoms with van der Waals surface area (Å²) in [6.45, 7) is 5.67. The van der Waals surface area contributed by atoms with Crippen molar-refractivity contribution < 1.29 is 9.53 Å². The van der Waals surface area contributed by atoms with Crippen LogP contribution in [-0.4, -0.2) is 17.9 Å². The second-order valence-electron chi connectivity index (χ2n) is 4.17. The quantitative estimate of drug-likeness (QED) is 0.676. The second kappa shape index (κ2) is 3.78. The molecule has 0 radical (unpaired) electrons. The highest BCUT2D eigenvalue weighted by Gasteiger charge is 2.22. The van der Waals surface area contributed by atoms with Crippen LogP contribution in [0.15, 0.2) is 18.3 Å². The van der Waals surface area contributed by atoms with E-state index in [0.717, 1.165) is 0 Å². The summed E-state index contributed by atoms with van der Waals surface area (Å²) in [4.78, 5) is 15.8. The molecular formula is C11H15NO2. The molecule has 1 rings (SSSR count). The molecule has 3 heteroatoms. The Bertz CT molecular complexity index is 322. The van der Waals surface area contributed by atoms with Crippen LogP contribution in [0.2, 0.25) is 0 Å². The van der Waals surface area contributed by atoms with Crippen molar-refractivity contribution in [3.63, 3.8) is 0 Å². The van der Waals surface area contributed by atoms with Crippen molar-refractivity contribution >= 4 is 5.78 Å². The Balaban J connectivity index is 2.93. The third-order valence-electron chi connectivity index (χ3n) is 1.89. The average molecular weight is 193 g/mol. The molecule has 1 heterocycles. The van der Waals surface area contributed by atoms with Crippen LogP contribution in [0, 0.1) is 5.41 Å². The normalized spacial score (nSPS) is 11.1. The summed E-state index contributed by atoms with van der Waals surface area (Å²) < 4.78 is 4.91. The zero-order valence-corrected chi connectivity index (χ0v) is 9.00. The predicted octanol–water partition coefficient (Wildman–Crippen LogP) is 2.32. The molecule has 1 aromatic rings. The topological polar surface area (TPSA) is 39.2 Å². The Kier molecular flexibility index (Phi) is 2.89. The highest BCUT2D eigenvalue weighted by atomic mass is 16.5. The molecule has 0 bridgehead atoms. The summed E-state index contributed by atoms with van der Waals surface area (Å²) in [7, 11) is 1.55. The fourth-order valence-corrected chi connectivity index (χ4v) is 1.07. The number of pyridine rings is 1. The van der Waals surface area contributed by atoms with Crippen LogP contribution >= 0.6 is 0 Å². The van der Waals surface area contributed by atoms with Gasteiger partial charge < -0.3 is 4.74 Å². The molecular weight excluding hydrogens is 178 g/mol. The summed E-state index contributed by atoms with van der Waals surface area (Å²) >= 11 is 0. The first-order valence-electron chi connectivity index (χ1n) is 4.50. The molecule has 76 valence electrons. The van der Waals surface area contributed by atoms with E-state index < -0.39 is 0 Å². The number of carbonyl (C=O) groups is 1. The zero-order valence-electron chi connectivity index (χ0n) is 9.00. The molecule has 14 heavy (non-hydrogen) atoms. The number of hydrogen-bond acceptors (Lipinski definition) is 3. The fraction of sp³-hybridized carbons (Fsp3) is 0.455. The molecule has 0 atom stereocenters. The molecule has 1 aromatic heterocycles. The Hall–Kier alpha value is -1.38. The molecule has 0 N–H and O–H groups in total. The smallest absolute Gasteiger partial charge is 0.212 e. The lowest BCUT2D eigenvalue weighted by Crippen LogP contribution is -2.20. The van der Waals surface area contributed by atoms with Crippen LogP contribution in [-0.2, 0) is 0 Å². The van der Waals surface area contributed by atoms with Crippen molar-refractivity contribution in [1.29, 1.82) is 0 Å². The first-order chi connectivity index (χ1) is 6.45. The number of Topliss-reactive ketones (excluding diaryl/α,β-unsaturated/α-hetero) is 1. The van der Waals surface area contributed by atoms with Gasteiger partial charge in [0.1, 0.15) is 0 Å². The van der Waals surface area contributed by atoms with Crippen molar-refractivity contribution in [2.24, 2.45) is 5.41 Å². The van der Waals surface area contributed by atoms with Crippen LogP contribution < -0.4 is 4.74 Å². The first-order valence-corrected chi connectivity index (χ1v) is 4.50. The van der Waals surface area contributed by atoms with E-state index in [1.807, 2.05) is 20.8 Å². The molecule has 0 amide bonds. The van der Waals surface area contributed by atoms with E-state index >= 15 is 0 Å². The van der Waals surface area contributed by atoms with Gasteiger partial charge in [-0.05, 0) is 6.07 Å². The molecule has 0 fully saturated rings. The van der Waals surface area contributed by atoms with Crippen molar-refractivity contribution in [1.82, 2.24) is 4.98 Å². The largest absolute Gasteiger partial charge is 0.481 e. The second-order valence-corrected chi connectivity index (χ2v) is 4.17. The molecule has 0 unspecified atom stereocenters. The minimum atomic E-state index is -0.365.